The number of hydrogen-bond donors (Lipinski definition) is 3. The number of carbonyl (C=O) groups is 3. The second-order valence-corrected chi connectivity index (χ2v) is 8.14. The lowest BCUT2D eigenvalue weighted by molar-refractivity contribution is -0.137. The topological polar surface area (TPSA) is 105 Å². The number of hydrogen-bond acceptors (Lipinski definition) is 4. The fraction of sp³-hybridized carbons (Fsp3) is 0.375. The van der Waals surface area contributed by atoms with Gasteiger partial charge in [-0.2, -0.15) is 0 Å². The van der Waals surface area contributed by atoms with Crippen LogP contribution in [0.25, 0.3) is 11.1 Å². The maximum absolute atomic E-state index is 12.5. The minimum atomic E-state index is -0.907. The lowest BCUT2D eigenvalue weighted by Crippen LogP contribution is -2.49. The van der Waals surface area contributed by atoms with E-state index in [1.165, 1.54) is 0 Å². The first-order chi connectivity index (χ1) is 15.0. The quantitative estimate of drug-likeness (QED) is 0.537. The number of fused-ring (bicyclic) bond motifs is 3. The summed E-state index contributed by atoms with van der Waals surface area (Å²) in [6.45, 7) is 0.590. The Kier molecular flexibility index (Phi) is 5.93. The Balaban J connectivity index is 1.30. The molecule has 2 aromatic carbocycles. The Hall–Kier alpha value is -3.35. The molecule has 0 atom stereocenters. The Morgan fingerprint density at radius 1 is 0.968 bits per heavy atom. The van der Waals surface area contributed by atoms with Crippen LogP contribution < -0.4 is 10.6 Å². The van der Waals surface area contributed by atoms with Gasteiger partial charge in [-0.25, -0.2) is 4.79 Å². The minimum Gasteiger partial charge on any atom is -0.481 e. The highest BCUT2D eigenvalue weighted by atomic mass is 16.5. The highest BCUT2D eigenvalue weighted by Crippen LogP contribution is 2.44. The van der Waals surface area contributed by atoms with Crippen molar-refractivity contribution in [1.29, 1.82) is 0 Å². The fourth-order valence-electron chi connectivity index (χ4n) is 4.14. The molecule has 3 N–H and O–H groups in total. The predicted octanol–water partition coefficient (Wildman–Crippen LogP) is 3.43. The molecule has 0 aliphatic heterocycles. The van der Waals surface area contributed by atoms with E-state index in [9.17, 15) is 14.4 Å². The van der Waals surface area contributed by atoms with Gasteiger partial charge < -0.3 is 20.5 Å². The van der Waals surface area contributed by atoms with Gasteiger partial charge in [-0.15, -0.1) is 0 Å². The van der Waals surface area contributed by atoms with Gasteiger partial charge in [0.2, 0.25) is 5.91 Å². The lowest BCUT2D eigenvalue weighted by Gasteiger charge is -2.19. The van der Waals surface area contributed by atoms with Crippen LogP contribution >= 0.6 is 0 Å². The summed E-state index contributed by atoms with van der Waals surface area (Å²) in [5.41, 5.74) is 3.68. The fourth-order valence-corrected chi connectivity index (χ4v) is 4.14. The molecule has 0 spiro atoms. The number of benzene rings is 2. The van der Waals surface area contributed by atoms with E-state index in [1.54, 1.807) is 0 Å². The van der Waals surface area contributed by atoms with Gasteiger partial charge in [0.25, 0.3) is 0 Å². The number of carboxylic acid groups (broad SMARTS) is 1. The largest absolute Gasteiger partial charge is 0.481 e. The molecule has 1 saturated carbocycles. The summed E-state index contributed by atoms with van der Waals surface area (Å²) in [6, 6.07) is 16.2. The van der Waals surface area contributed by atoms with Gasteiger partial charge in [0.15, 0.2) is 0 Å². The smallest absolute Gasteiger partial charge is 0.408 e. The molecule has 0 bridgehead atoms. The monoisotopic (exact) mass is 422 g/mol. The molecule has 4 rings (SSSR count). The number of aliphatic carboxylic acids is 1. The van der Waals surface area contributed by atoms with Crippen LogP contribution in [-0.4, -0.2) is 41.8 Å². The lowest BCUT2D eigenvalue weighted by atomic mass is 9.98. The van der Waals surface area contributed by atoms with E-state index in [0.717, 1.165) is 22.3 Å². The summed E-state index contributed by atoms with van der Waals surface area (Å²) in [7, 11) is 0. The van der Waals surface area contributed by atoms with Gasteiger partial charge in [-0.3, -0.25) is 9.59 Å². The van der Waals surface area contributed by atoms with Crippen LogP contribution in [-0.2, 0) is 14.3 Å². The maximum atomic E-state index is 12.5. The Morgan fingerprint density at radius 2 is 1.58 bits per heavy atom. The average molecular weight is 422 g/mol. The van der Waals surface area contributed by atoms with Crippen LogP contribution in [0.2, 0.25) is 0 Å². The molecule has 1 fully saturated rings. The normalized spacial score (nSPS) is 15.5. The van der Waals surface area contributed by atoms with Crippen molar-refractivity contribution < 1.29 is 24.2 Å². The Bertz CT molecular complexity index is 953. The predicted molar refractivity (Wildman–Crippen MR) is 115 cm³/mol. The highest BCUT2D eigenvalue weighted by Gasteiger charge is 2.51. The van der Waals surface area contributed by atoms with Crippen LogP contribution in [0.4, 0.5) is 4.79 Å². The maximum Gasteiger partial charge on any atom is 0.408 e. The summed E-state index contributed by atoms with van der Waals surface area (Å²) in [5, 5.41) is 14.2. The number of carboxylic acids is 1. The van der Waals surface area contributed by atoms with E-state index in [2.05, 4.69) is 34.9 Å². The van der Waals surface area contributed by atoms with Gasteiger partial charge in [-0.1, -0.05) is 48.5 Å². The van der Waals surface area contributed by atoms with E-state index in [0.29, 0.717) is 32.2 Å². The number of carbonyl (C=O) groups excluding carboxylic acids is 2. The van der Waals surface area contributed by atoms with Gasteiger partial charge >= 0.3 is 12.1 Å². The number of nitrogens with one attached hydrogen (secondary N) is 2. The third kappa shape index (κ3) is 4.55. The molecule has 2 aliphatic carbocycles. The molecule has 2 amide bonds. The summed E-state index contributed by atoms with van der Waals surface area (Å²) in [4.78, 5) is 35.4. The van der Waals surface area contributed by atoms with E-state index in [1.807, 2.05) is 24.3 Å². The first kappa shape index (κ1) is 20.9. The molecule has 0 aromatic heterocycles. The Labute approximate surface area is 180 Å². The van der Waals surface area contributed by atoms with Crippen LogP contribution in [0.3, 0.4) is 0 Å². The molecular weight excluding hydrogens is 396 g/mol. The van der Waals surface area contributed by atoms with Crippen molar-refractivity contribution in [1.82, 2.24) is 10.6 Å². The number of ether oxygens (including phenoxy) is 1. The van der Waals surface area contributed by atoms with Crippen molar-refractivity contribution in [3.05, 3.63) is 59.7 Å². The van der Waals surface area contributed by atoms with E-state index < -0.39 is 17.6 Å². The third-order valence-corrected chi connectivity index (χ3v) is 5.97. The molecule has 0 radical (unpaired) electrons. The molecule has 0 saturated heterocycles. The van der Waals surface area contributed by atoms with Crippen LogP contribution in [0.15, 0.2) is 48.5 Å². The first-order valence-electron chi connectivity index (χ1n) is 10.6. The van der Waals surface area contributed by atoms with Crippen molar-refractivity contribution in [3.8, 4) is 11.1 Å². The summed E-state index contributed by atoms with van der Waals surface area (Å²) >= 11 is 0. The van der Waals surface area contributed by atoms with Gasteiger partial charge in [-0.05, 0) is 47.9 Å². The zero-order chi connectivity index (χ0) is 21.8. The molecule has 31 heavy (non-hydrogen) atoms. The van der Waals surface area contributed by atoms with Crippen LogP contribution in [0.5, 0.6) is 0 Å². The third-order valence-electron chi connectivity index (χ3n) is 5.97. The summed E-state index contributed by atoms with van der Waals surface area (Å²) in [6.07, 6.45) is 1.71. The second kappa shape index (κ2) is 8.79. The molecule has 162 valence electrons. The number of alkyl carbamates (subject to hydrolysis) is 1. The van der Waals surface area contributed by atoms with Gasteiger partial charge in [0.05, 0.1) is 0 Å². The molecule has 0 unspecified atom stereocenters. The molecule has 2 aliphatic rings. The molecule has 0 heterocycles. The zero-order valence-corrected chi connectivity index (χ0v) is 17.2. The SMILES string of the molecule is O=C(O)CCCCNC(=O)C1(NC(=O)OCC2c3ccccc3-c3ccccc32)CC1. The van der Waals surface area contributed by atoms with Gasteiger partial charge in [0, 0.05) is 18.9 Å². The molecule has 2 aromatic rings. The van der Waals surface area contributed by atoms with Crippen molar-refractivity contribution in [2.24, 2.45) is 0 Å². The van der Waals surface area contributed by atoms with E-state index in [4.69, 9.17) is 9.84 Å². The van der Waals surface area contributed by atoms with Crippen molar-refractivity contribution in [2.75, 3.05) is 13.2 Å². The second-order valence-electron chi connectivity index (χ2n) is 8.14. The molecular formula is C24H26N2O5. The minimum absolute atomic E-state index is 0.0311. The standard InChI is InChI=1S/C24H26N2O5/c27-21(28)11-5-6-14-25-22(29)24(12-13-24)26-23(30)31-15-20-18-9-3-1-7-16(18)17-8-2-4-10-19(17)20/h1-4,7-10,20H,5-6,11-15H2,(H,25,29)(H,26,30)(H,27,28). The molecule has 7 nitrogen and oxygen atoms in total. The number of rotatable bonds is 9. The first-order valence-corrected chi connectivity index (χ1v) is 10.6. The van der Waals surface area contributed by atoms with Crippen molar-refractivity contribution in [2.45, 2.75) is 43.6 Å². The van der Waals surface area contributed by atoms with E-state index >= 15 is 0 Å². The van der Waals surface area contributed by atoms with E-state index in [-0.39, 0.29) is 24.9 Å². The summed E-state index contributed by atoms with van der Waals surface area (Å²) < 4.78 is 5.54. The van der Waals surface area contributed by atoms with Crippen molar-refractivity contribution >= 4 is 18.0 Å². The number of unbranched alkanes of at least 4 members (excludes halogenated alkanes) is 1. The number of amides is 2. The van der Waals surface area contributed by atoms with Gasteiger partial charge in [0.1, 0.15) is 12.1 Å². The molecule has 7 heteroatoms. The highest BCUT2D eigenvalue weighted by molar-refractivity contribution is 5.92. The van der Waals surface area contributed by atoms with Crippen LogP contribution in [0, 0.1) is 0 Å². The van der Waals surface area contributed by atoms with Crippen molar-refractivity contribution in [3.63, 3.8) is 0 Å². The Morgan fingerprint density at radius 3 is 2.16 bits per heavy atom. The average Bonchev–Trinajstić information content (AvgIpc) is 3.47. The summed E-state index contributed by atoms with van der Waals surface area (Å²) in [5.74, 6) is -1.12. The zero-order valence-electron chi connectivity index (χ0n) is 17.2. The van der Waals surface area contributed by atoms with Crippen LogP contribution in [0.1, 0.15) is 49.1 Å².